The lowest BCUT2D eigenvalue weighted by molar-refractivity contribution is 0.0692. The average Bonchev–Trinajstić information content (AvgIpc) is 2.81. The Labute approximate surface area is 122 Å². The fourth-order valence-corrected chi connectivity index (χ4v) is 2.96. The smallest absolute Gasteiger partial charge is 0.270 e. The van der Waals surface area contributed by atoms with Gasteiger partial charge in [0, 0.05) is 25.2 Å². The Hall–Kier alpha value is -1.62. The second-order valence-corrected chi connectivity index (χ2v) is 5.79. The number of carbonyl (C=O) groups excluding carboxylic acids is 1. The lowest BCUT2D eigenvalue weighted by atomic mass is 9.96. The lowest BCUT2D eigenvalue weighted by Crippen LogP contribution is -2.42. The van der Waals surface area contributed by atoms with Gasteiger partial charge in [-0.05, 0) is 23.6 Å². The van der Waals surface area contributed by atoms with Crippen molar-refractivity contribution in [2.24, 2.45) is 5.92 Å². The Morgan fingerprint density at radius 1 is 1.55 bits per heavy atom. The first-order chi connectivity index (χ1) is 9.52. The van der Waals surface area contributed by atoms with Crippen molar-refractivity contribution in [1.29, 1.82) is 0 Å². The molecule has 0 bridgehead atoms. The molecule has 0 fully saturated rings. The van der Waals surface area contributed by atoms with Gasteiger partial charge in [-0.3, -0.25) is 4.79 Å². The van der Waals surface area contributed by atoms with Crippen LogP contribution < -0.4 is 0 Å². The minimum absolute atomic E-state index is 0.0266. The molecule has 1 aliphatic heterocycles. The van der Waals surface area contributed by atoms with Crippen LogP contribution in [-0.2, 0) is 0 Å². The van der Waals surface area contributed by atoms with Gasteiger partial charge in [-0.2, -0.15) is 4.98 Å². The average molecular weight is 293 g/mol. The summed E-state index contributed by atoms with van der Waals surface area (Å²) in [6.07, 6.45) is 2.72. The minimum Gasteiger partial charge on any atom is -0.338 e. The zero-order valence-electron chi connectivity index (χ0n) is 11.8. The van der Waals surface area contributed by atoms with Gasteiger partial charge >= 0.3 is 0 Å². The van der Waals surface area contributed by atoms with Gasteiger partial charge in [-0.15, -0.1) is 0 Å². The molecule has 1 amide bonds. The molecule has 0 radical (unpaired) electrons. The van der Waals surface area contributed by atoms with Gasteiger partial charge in [-0.25, -0.2) is 4.98 Å². The Balaban J connectivity index is 2.27. The van der Waals surface area contributed by atoms with E-state index in [1.165, 1.54) is 0 Å². The van der Waals surface area contributed by atoms with Gasteiger partial charge in [0.1, 0.15) is 11.3 Å². The maximum atomic E-state index is 12.4. The monoisotopic (exact) mass is 292 g/mol. The number of amides is 1. The zero-order chi connectivity index (χ0) is 14.4. The number of fused-ring (bicyclic) bond motifs is 3. The molecule has 2 aromatic heterocycles. The molecule has 6 heteroatoms. The fraction of sp³-hybridized carbons (Fsp3) is 0.500. The van der Waals surface area contributed by atoms with Gasteiger partial charge in [0.2, 0.25) is 5.28 Å². The topological polar surface area (TPSA) is 51.0 Å². The summed E-state index contributed by atoms with van der Waals surface area (Å²) in [6.45, 7) is 5.06. The van der Waals surface area contributed by atoms with E-state index in [4.69, 9.17) is 11.6 Å². The molecule has 1 unspecified atom stereocenters. The molecule has 2 aromatic rings. The molecule has 1 aliphatic rings. The number of halogens is 1. The van der Waals surface area contributed by atoms with E-state index in [0.717, 1.165) is 17.5 Å². The largest absolute Gasteiger partial charge is 0.338 e. The fourth-order valence-electron chi connectivity index (χ4n) is 2.83. The number of hydrogen-bond donors (Lipinski definition) is 0. The predicted molar refractivity (Wildman–Crippen MR) is 78.0 cm³/mol. The predicted octanol–water partition coefficient (Wildman–Crippen LogP) is 2.76. The van der Waals surface area contributed by atoms with E-state index in [-0.39, 0.29) is 17.2 Å². The first-order valence-corrected chi connectivity index (χ1v) is 7.19. The van der Waals surface area contributed by atoms with Gasteiger partial charge in [0.15, 0.2) is 0 Å². The van der Waals surface area contributed by atoms with Gasteiger partial charge in [-0.1, -0.05) is 20.3 Å². The molecule has 0 saturated carbocycles. The SMILES string of the molecule is CCC(C)[C@H]1CN(C)C(=O)c2cc3cnc(Cl)nc3n21. The first kappa shape index (κ1) is 13.4. The van der Waals surface area contributed by atoms with Crippen LogP contribution in [0.2, 0.25) is 5.28 Å². The third kappa shape index (κ3) is 1.88. The molecule has 0 aromatic carbocycles. The van der Waals surface area contributed by atoms with E-state index < -0.39 is 0 Å². The summed E-state index contributed by atoms with van der Waals surface area (Å²) in [4.78, 5) is 22.5. The maximum Gasteiger partial charge on any atom is 0.270 e. The Morgan fingerprint density at radius 3 is 3.00 bits per heavy atom. The molecule has 2 atom stereocenters. The normalized spacial score (nSPS) is 20.3. The van der Waals surface area contributed by atoms with Crippen LogP contribution in [0.4, 0.5) is 0 Å². The van der Waals surface area contributed by atoms with Crippen LogP contribution >= 0.6 is 11.6 Å². The summed E-state index contributed by atoms with van der Waals surface area (Å²) in [5.41, 5.74) is 1.43. The van der Waals surface area contributed by atoms with Crippen molar-refractivity contribution in [1.82, 2.24) is 19.4 Å². The second-order valence-electron chi connectivity index (χ2n) is 5.46. The van der Waals surface area contributed by atoms with E-state index in [0.29, 0.717) is 18.2 Å². The Bertz CT molecular complexity index is 681. The van der Waals surface area contributed by atoms with Crippen molar-refractivity contribution in [3.8, 4) is 0 Å². The first-order valence-electron chi connectivity index (χ1n) is 6.81. The molecule has 3 rings (SSSR count). The Kier molecular flexibility index (Phi) is 3.17. The molecule has 3 heterocycles. The number of likely N-dealkylation sites (N-methyl/N-ethyl adjacent to an activating group) is 1. The zero-order valence-corrected chi connectivity index (χ0v) is 12.6. The van der Waals surface area contributed by atoms with Gasteiger partial charge < -0.3 is 9.47 Å². The van der Waals surface area contributed by atoms with Gasteiger partial charge in [0.05, 0.1) is 6.04 Å². The molecule has 0 saturated heterocycles. The number of rotatable bonds is 2. The van der Waals surface area contributed by atoms with Crippen molar-refractivity contribution in [3.63, 3.8) is 0 Å². The van der Waals surface area contributed by atoms with E-state index in [1.54, 1.807) is 11.1 Å². The highest BCUT2D eigenvalue weighted by atomic mass is 35.5. The summed E-state index contributed by atoms with van der Waals surface area (Å²) in [5, 5.41) is 1.08. The summed E-state index contributed by atoms with van der Waals surface area (Å²) in [5.74, 6) is 0.479. The molecule has 20 heavy (non-hydrogen) atoms. The van der Waals surface area contributed by atoms with E-state index >= 15 is 0 Å². The van der Waals surface area contributed by atoms with Crippen molar-refractivity contribution in [3.05, 3.63) is 23.2 Å². The molecule has 5 nitrogen and oxygen atoms in total. The highest BCUT2D eigenvalue weighted by Crippen LogP contribution is 2.33. The van der Waals surface area contributed by atoms with Crippen LogP contribution in [0, 0.1) is 5.92 Å². The third-order valence-corrected chi connectivity index (χ3v) is 4.39. The van der Waals surface area contributed by atoms with Crippen LogP contribution in [0.1, 0.15) is 36.8 Å². The quantitative estimate of drug-likeness (QED) is 0.800. The summed E-state index contributed by atoms with van der Waals surface area (Å²) >= 11 is 5.91. The lowest BCUT2D eigenvalue weighted by Gasteiger charge is -2.35. The number of nitrogens with zero attached hydrogens (tertiary/aromatic N) is 4. The highest BCUT2D eigenvalue weighted by molar-refractivity contribution is 6.28. The Morgan fingerprint density at radius 2 is 2.30 bits per heavy atom. The minimum atomic E-state index is 0.0266. The molecule has 0 aliphatic carbocycles. The summed E-state index contributed by atoms with van der Waals surface area (Å²) in [7, 11) is 1.84. The number of aromatic nitrogens is 3. The van der Waals surface area contributed by atoms with Crippen LogP contribution in [0.3, 0.4) is 0 Å². The van der Waals surface area contributed by atoms with Crippen molar-refractivity contribution in [2.75, 3.05) is 13.6 Å². The van der Waals surface area contributed by atoms with E-state index in [9.17, 15) is 4.79 Å². The van der Waals surface area contributed by atoms with Crippen LogP contribution in [0.15, 0.2) is 12.3 Å². The molecule has 0 spiro atoms. The van der Waals surface area contributed by atoms with Crippen molar-refractivity contribution in [2.45, 2.75) is 26.3 Å². The standard InChI is InChI=1S/C14H17ClN4O/c1-4-8(2)11-7-18(3)13(20)10-5-9-6-16-14(15)17-12(9)19(10)11/h5-6,8,11H,4,7H2,1-3H3/t8?,11-/m1/s1. The van der Waals surface area contributed by atoms with Gasteiger partial charge in [0.25, 0.3) is 5.91 Å². The highest BCUT2D eigenvalue weighted by Gasteiger charge is 2.33. The molecule has 106 valence electrons. The molecule has 0 N–H and O–H groups in total. The molecular formula is C14H17ClN4O. The number of carbonyl (C=O) groups is 1. The van der Waals surface area contributed by atoms with Crippen LogP contribution in [0.5, 0.6) is 0 Å². The second kappa shape index (κ2) is 4.74. The van der Waals surface area contributed by atoms with Crippen LogP contribution in [0.25, 0.3) is 11.0 Å². The van der Waals surface area contributed by atoms with E-state index in [2.05, 4.69) is 23.8 Å². The van der Waals surface area contributed by atoms with Crippen LogP contribution in [-0.4, -0.2) is 38.9 Å². The molecular weight excluding hydrogens is 276 g/mol. The van der Waals surface area contributed by atoms with Crippen molar-refractivity contribution < 1.29 is 4.79 Å². The third-order valence-electron chi connectivity index (χ3n) is 4.21. The van der Waals surface area contributed by atoms with E-state index in [1.807, 2.05) is 17.7 Å². The van der Waals surface area contributed by atoms with Crippen molar-refractivity contribution >= 4 is 28.5 Å². The number of hydrogen-bond acceptors (Lipinski definition) is 3. The summed E-state index contributed by atoms with van der Waals surface area (Å²) in [6, 6.07) is 2.08. The maximum absolute atomic E-state index is 12.4. The summed E-state index contributed by atoms with van der Waals surface area (Å²) < 4.78 is 2.04.